The Bertz CT molecular complexity index is 761. The van der Waals surface area contributed by atoms with Crippen LogP contribution >= 0.6 is 23.2 Å². The Morgan fingerprint density at radius 3 is 2.58 bits per heavy atom. The van der Waals surface area contributed by atoms with Crippen LogP contribution < -0.4 is 5.32 Å². The molecule has 3 rings (SSSR count). The van der Waals surface area contributed by atoms with Gasteiger partial charge in [-0.1, -0.05) is 41.2 Å². The predicted octanol–water partition coefficient (Wildman–Crippen LogP) is 5.14. The Morgan fingerprint density at radius 2 is 1.92 bits per heavy atom. The molecule has 6 nitrogen and oxygen atoms in total. The number of Topliss-reactive ketones (excluding diaryl/α,β-unsaturated/α-hetero) is 1. The van der Waals surface area contributed by atoms with Crippen molar-refractivity contribution in [1.29, 1.82) is 0 Å². The fourth-order valence-electron chi connectivity index (χ4n) is 3.18. The van der Waals surface area contributed by atoms with Crippen molar-refractivity contribution >= 4 is 40.7 Å². The maximum absolute atomic E-state index is 12.3. The van der Waals surface area contributed by atoms with Crippen molar-refractivity contribution in [1.82, 2.24) is 0 Å². The number of carbonyl (C=O) groups excluding carboxylic acids is 2. The molecule has 0 bridgehead atoms. The molecule has 24 heavy (non-hydrogen) atoms. The first kappa shape index (κ1) is 16.9. The normalized spacial score (nSPS) is 23.7. The molecule has 0 heterocycles. The van der Waals surface area contributed by atoms with E-state index in [0.717, 1.165) is 25.7 Å². The van der Waals surface area contributed by atoms with Crippen molar-refractivity contribution in [2.45, 2.75) is 25.7 Å². The van der Waals surface area contributed by atoms with Crippen molar-refractivity contribution in [2.75, 3.05) is 5.32 Å². The van der Waals surface area contributed by atoms with E-state index in [9.17, 15) is 14.7 Å². The SMILES string of the molecule is O=C(N=NC1=C(O)C2CCCCC2C1=O)Nc1ccc(Cl)cc1Cl. The highest BCUT2D eigenvalue weighted by atomic mass is 35.5. The summed E-state index contributed by atoms with van der Waals surface area (Å²) in [7, 11) is 0. The smallest absolute Gasteiger partial charge is 0.364 e. The van der Waals surface area contributed by atoms with Crippen molar-refractivity contribution in [3.8, 4) is 0 Å². The molecule has 2 N–H and O–H groups in total. The lowest BCUT2D eigenvalue weighted by Crippen LogP contribution is -2.21. The summed E-state index contributed by atoms with van der Waals surface area (Å²) in [5.41, 5.74) is 0.221. The van der Waals surface area contributed by atoms with Crippen LogP contribution in [0, 0.1) is 11.8 Å². The average Bonchev–Trinajstić information content (AvgIpc) is 2.80. The van der Waals surface area contributed by atoms with Crippen molar-refractivity contribution in [3.05, 3.63) is 39.7 Å². The third kappa shape index (κ3) is 3.30. The van der Waals surface area contributed by atoms with Crippen LogP contribution in [0.15, 0.2) is 39.9 Å². The molecule has 126 valence electrons. The number of aliphatic hydroxyl groups excluding tert-OH is 1. The molecule has 2 atom stereocenters. The van der Waals surface area contributed by atoms with Crippen LogP contribution in [0.4, 0.5) is 10.5 Å². The topological polar surface area (TPSA) is 91.1 Å². The molecule has 2 aliphatic carbocycles. The molecule has 0 radical (unpaired) electrons. The van der Waals surface area contributed by atoms with Gasteiger partial charge in [-0.25, -0.2) is 4.79 Å². The molecule has 0 saturated heterocycles. The number of benzene rings is 1. The number of nitrogens with zero attached hydrogens (tertiary/aromatic N) is 2. The number of allylic oxidation sites excluding steroid dienone is 2. The van der Waals surface area contributed by atoms with Gasteiger partial charge in [0.05, 0.1) is 10.7 Å². The maximum Gasteiger partial charge on any atom is 0.364 e. The van der Waals surface area contributed by atoms with Crippen LogP contribution in [0.2, 0.25) is 10.0 Å². The molecule has 1 aromatic rings. The first-order valence-electron chi connectivity index (χ1n) is 7.62. The average molecular weight is 368 g/mol. The highest BCUT2D eigenvalue weighted by Gasteiger charge is 2.43. The van der Waals surface area contributed by atoms with Gasteiger partial charge in [-0.3, -0.25) is 4.79 Å². The van der Waals surface area contributed by atoms with Crippen LogP contribution in [0.5, 0.6) is 0 Å². The largest absolute Gasteiger partial charge is 0.510 e. The van der Waals surface area contributed by atoms with E-state index in [1.165, 1.54) is 12.1 Å². The summed E-state index contributed by atoms with van der Waals surface area (Å²) in [6.07, 6.45) is 3.42. The van der Waals surface area contributed by atoms with Gasteiger partial charge in [-0.05, 0) is 31.0 Å². The second-order valence-electron chi connectivity index (χ2n) is 5.85. The van der Waals surface area contributed by atoms with Gasteiger partial charge in [0.2, 0.25) is 0 Å². The fraction of sp³-hybridized carbons (Fsp3) is 0.375. The number of azo groups is 1. The molecule has 2 aliphatic rings. The van der Waals surface area contributed by atoms with Gasteiger partial charge in [0, 0.05) is 16.9 Å². The number of urea groups is 1. The zero-order chi connectivity index (χ0) is 17.3. The van der Waals surface area contributed by atoms with E-state index in [1.807, 2.05) is 0 Å². The minimum Gasteiger partial charge on any atom is -0.510 e. The number of hydrogen-bond acceptors (Lipinski definition) is 4. The first-order valence-corrected chi connectivity index (χ1v) is 8.38. The Balaban J connectivity index is 1.72. The van der Waals surface area contributed by atoms with Crippen molar-refractivity contribution in [3.63, 3.8) is 0 Å². The molecule has 0 spiro atoms. The lowest BCUT2D eigenvalue weighted by atomic mass is 9.80. The monoisotopic (exact) mass is 367 g/mol. The predicted molar refractivity (Wildman–Crippen MR) is 90.4 cm³/mol. The standard InChI is InChI=1S/C16H15Cl2N3O3/c17-8-5-6-12(11(18)7-8)19-16(24)21-20-13-14(22)9-3-1-2-4-10(9)15(13)23/h5-7,9-10,22H,1-4H2,(H,19,24). The summed E-state index contributed by atoms with van der Waals surface area (Å²) in [6, 6.07) is 3.79. The van der Waals surface area contributed by atoms with E-state index in [1.54, 1.807) is 6.07 Å². The molecular weight excluding hydrogens is 353 g/mol. The van der Waals surface area contributed by atoms with Crippen LogP contribution in [0.25, 0.3) is 0 Å². The van der Waals surface area contributed by atoms with Gasteiger partial charge in [0.25, 0.3) is 0 Å². The first-order chi connectivity index (χ1) is 11.5. The number of rotatable bonds is 2. The van der Waals surface area contributed by atoms with Crippen LogP contribution in [0.3, 0.4) is 0 Å². The number of anilines is 1. The zero-order valence-electron chi connectivity index (χ0n) is 12.6. The van der Waals surface area contributed by atoms with Gasteiger partial charge in [0.15, 0.2) is 11.5 Å². The highest BCUT2D eigenvalue weighted by Crippen LogP contribution is 2.42. The van der Waals surface area contributed by atoms with Crippen molar-refractivity contribution in [2.24, 2.45) is 22.1 Å². The molecule has 0 aliphatic heterocycles. The quantitative estimate of drug-likeness (QED) is 0.709. The summed E-state index contributed by atoms with van der Waals surface area (Å²) in [4.78, 5) is 24.1. The summed E-state index contributed by atoms with van der Waals surface area (Å²) < 4.78 is 0. The van der Waals surface area contributed by atoms with Crippen molar-refractivity contribution < 1.29 is 14.7 Å². The molecule has 2 unspecified atom stereocenters. The summed E-state index contributed by atoms with van der Waals surface area (Å²) in [6.45, 7) is 0. The summed E-state index contributed by atoms with van der Waals surface area (Å²) >= 11 is 11.7. The van der Waals surface area contributed by atoms with E-state index >= 15 is 0 Å². The Hall–Kier alpha value is -1.92. The molecule has 8 heteroatoms. The van der Waals surface area contributed by atoms with E-state index in [4.69, 9.17) is 23.2 Å². The second-order valence-corrected chi connectivity index (χ2v) is 6.69. The Morgan fingerprint density at radius 1 is 1.21 bits per heavy atom. The number of halogens is 2. The number of fused-ring (bicyclic) bond motifs is 1. The lowest BCUT2D eigenvalue weighted by molar-refractivity contribution is -0.120. The van der Waals surface area contributed by atoms with Crippen LogP contribution in [-0.4, -0.2) is 16.9 Å². The van der Waals surface area contributed by atoms with Crippen LogP contribution in [0.1, 0.15) is 25.7 Å². The minimum absolute atomic E-state index is 0.0502. The van der Waals surface area contributed by atoms with E-state index in [0.29, 0.717) is 10.7 Å². The lowest BCUT2D eigenvalue weighted by Gasteiger charge is -2.23. The second kappa shape index (κ2) is 6.91. The molecular formula is C16H15Cl2N3O3. The van der Waals surface area contributed by atoms with Gasteiger partial charge < -0.3 is 10.4 Å². The third-order valence-electron chi connectivity index (χ3n) is 4.34. The van der Waals surface area contributed by atoms with Gasteiger partial charge in [0.1, 0.15) is 5.76 Å². The Kier molecular flexibility index (Phi) is 4.87. The minimum atomic E-state index is -0.790. The zero-order valence-corrected chi connectivity index (χ0v) is 14.1. The van der Waals surface area contributed by atoms with Gasteiger partial charge in [-0.15, -0.1) is 5.11 Å². The number of hydrogen-bond donors (Lipinski definition) is 2. The van der Waals surface area contributed by atoms with E-state index in [2.05, 4.69) is 15.5 Å². The number of nitrogens with one attached hydrogen (secondary N) is 1. The number of aliphatic hydroxyl groups is 1. The molecule has 0 aromatic heterocycles. The fourth-order valence-corrected chi connectivity index (χ4v) is 3.63. The molecule has 1 saturated carbocycles. The number of ketones is 1. The number of amides is 2. The Labute approximate surface area is 148 Å². The highest BCUT2D eigenvalue weighted by molar-refractivity contribution is 6.36. The molecule has 1 aromatic carbocycles. The van der Waals surface area contributed by atoms with Gasteiger partial charge >= 0.3 is 6.03 Å². The number of carbonyl (C=O) groups is 2. The van der Waals surface area contributed by atoms with Gasteiger partial charge in [-0.2, -0.15) is 0 Å². The third-order valence-corrected chi connectivity index (χ3v) is 4.89. The molecule has 1 fully saturated rings. The summed E-state index contributed by atoms with van der Waals surface area (Å²) in [5, 5.41) is 20.5. The maximum atomic E-state index is 12.3. The summed E-state index contributed by atoms with van der Waals surface area (Å²) in [5.74, 6) is -0.709. The van der Waals surface area contributed by atoms with E-state index in [-0.39, 0.29) is 34.1 Å². The van der Waals surface area contributed by atoms with Crippen LogP contribution in [-0.2, 0) is 4.79 Å². The van der Waals surface area contributed by atoms with E-state index < -0.39 is 6.03 Å². The molecule has 2 amide bonds.